The Labute approximate surface area is 160 Å². The number of hydrogen-bond donors (Lipinski definition) is 1. The Hall–Kier alpha value is -3.23. The summed E-state index contributed by atoms with van der Waals surface area (Å²) < 4.78 is 35.1. The van der Waals surface area contributed by atoms with E-state index < -0.39 is 12.2 Å². The number of aromatic nitrogens is 1. The van der Waals surface area contributed by atoms with Crippen molar-refractivity contribution in [3.8, 4) is 11.6 Å². The van der Waals surface area contributed by atoms with Gasteiger partial charge in [-0.2, -0.15) is 8.78 Å². The van der Waals surface area contributed by atoms with Crippen molar-refractivity contribution in [2.75, 3.05) is 13.7 Å². The summed E-state index contributed by atoms with van der Waals surface area (Å²) in [6, 6.07) is 7.78. The van der Waals surface area contributed by atoms with Crippen LogP contribution < -0.4 is 15.2 Å². The maximum atomic E-state index is 13.2. The number of pyridine rings is 1. The third-order valence-electron chi connectivity index (χ3n) is 4.49. The molecular formula is C19H20F2N4O3. The molecule has 0 aliphatic carbocycles. The molecule has 2 N–H and O–H groups in total. The molecule has 7 nitrogen and oxygen atoms in total. The lowest BCUT2D eigenvalue weighted by molar-refractivity contribution is -0.129. The van der Waals surface area contributed by atoms with Crippen LogP contribution in [0.15, 0.2) is 41.5 Å². The van der Waals surface area contributed by atoms with Crippen LogP contribution in [0.25, 0.3) is 0 Å². The zero-order chi connectivity index (χ0) is 20.5. The number of aryl methyl sites for hydroxylation is 1. The van der Waals surface area contributed by atoms with Crippen molar-refractivity contribution in [1.82, 2.24) is 9.88 Å². The number of carbonyl (C=O) groups excluding carboxylic acids is 1. The fourth-order valence-electron chi connectivity index (χ4n) is 3.15. The number of amides is 1. The average Bonchev–Trinajstić information content (AvgIpc) is 2.88. The Kier molecular flexibility index (Phi) is 5.17. The summed E-state index contributed by atoms with van der Waals surface area (Å²) in [7, 11) is 1.52. The molecule has 1 atom stereocenters. The summed E-state index contributed by atoms with van der Waals surface area (Å²) in [5.74, 6) is 0.0326. The zero-order valence-electron chi connectivity index (χ0n) is 15.6. The van der Waals surface area contributed by atoms with Crippen molar-refractivity contribution >= 4 is 11.9 Å². The minimum Gasteiger partial charge on any atom is -0.478 e. The maximum Gasteiger partial charge on any atom is 0.387 e. The number of aliphatic imine (C=N–C) groups is 1. The monoisotopic (exact) mass is 390 g/mol. The number of likely N-dealkylation sites (N-methyl/N-ethyl adjacent to an activating group) is 1. The van der Waals surface area contributed by atoms with Crippen LogP contribution in [0, 0.1) is 6.92 Å². The molecule has 2 aromatic rings. The maximum absolute atomic E-state index is 13.2. The first kappa shape index (κ1) is 19.5. The van der Waals surface area contributed by atoms with Gasteiger partial charge in [0.05, 0.1) is 6.61 Å². The molecular weight excluding hydrogens is 370 g/mol. The van der Waals surface area contributed by atoms with Crippen LogP contribution in [0.3, 0.4) is 0 Å². The number of ether oxygens (including phenoxy) is 2. The van der Waals surface area contributed by atoms with Crippen LogP contribution >= 0.6 is 0 Å². The van der Waals surface area contributed by atoms with Crippen LogP contribution in [-0.2, 0) is 10.3 Å². The van der Waals surface area contributed by atoms with E-state index in [1.54, 1.807) is 25.1 Å². The molecule has 0 saturated heterocycles. The highest BCUT2D eigenvalue weighted by molar-refractivity contribution is 6.08. The Morgan fingerprint density at radius 3 is 2.54 bits per heavy atom. The Morgan fingerprint density at radius 1 is 1.25 bits per heavy atom. The van der Waals surface area contributed by atoms with Crippen molar-refractivity contribution in [2.24, 2.45) is 10.7 Å². The van der Waals surface area contributed by atoms with E-state index in [0.717, 1.165) is 0 Å². The molecule has 1 aromatic carbocycles. The summed E-state index contributed by atoms with van der Waals surface area (Å²) >= 11 is 0. The molecule has 1 unspecified atom stereocenters. The molecule has 148 valence electrons. The second-order valence-electron chi connectivity index (χ2n) is 6.22. The normalized spacial score (nSPS) is 19.1. The van der Waals surface area contributed by atoms with E-state index >= 15 is 0 Å². The Balaban J connectivity index is 2.18. The van der Waals surface area contributed by atoms with Crippen molar-refractivity contribution in [3.05, 3.63) is 53.2 Å². The molecule has 0 radical (unpaired) electrons. The van der Waals surface area contributed by atoms with Crippen molar-refractivity contribution in [1.29, 1.82) is 0 Å². The minimum atomic E-state index is -2.94. The molecule has 2 heterocycles. The zero-order valence-corrected chi connectivity index (χ0v) is 15.6. The van der Waals surface area contributed by atoms with Crippen molar-refractivity contribution < 1.29 is 23.0 Å². The summed E-state index contributed by atoms with van der Waals surface area (Å²) in [6.45, 7) is 0.894. The fraction of sp³-hybridized carbons (Fsp3) is 0.316. The lowest BCUT2D eigenvalue weighted by Gasteiger charge is -2.27. The second kappa shape index (κ2) is 7.41. The highest BCUT2D eigenvalue weighted by Crippen LogP contribution is 2.41. The molecule has 0 saturated carbocycles. The molecule has 1 amide bonds. The van der Waals surface area contributed by atoms with Gasteiger partial charge in [-0.25, -0.2) is 9.98 Å². The first-order valence-electron chi connectivity index (χ1n) is 8.58. The van der Waals surface area contributed by atoms with Gasteiger partial charge in [0.2, 0.25) is 5.88 Å². The van der Waals surface area contributed by atoms with Crippen LogP contribution in [0.2, 0.25) is 0 Å². The highest BCUT2D eigenvalue weighted by atomic mass is 19.3. The standard InChI is InChI=1S/C19H20F2N4O3/c1-4-27-15-10-13(7-8-23-15)19(16(26)25(3)18(22)24-19)12-5-6-14(11(2)9-12)28-17(20)21/h5-10,17H,4H2,1-3H3,(H2,22,24). The van der Waals surface area contributed by atoms with Crippen LogP contribution in [0.1, 0.15) is 23.6 Å². The van der Waals surface area contributed by atoms with E-state index in [9.17, 15) is 13.6 Å². The van der Waals surface area contributed by atoms with Gasteiger partial charge in [0.25, 0.3) is 5.91 Å². The number of nitrogens with two attached hydrogens (primary N) is 1. The van der Waals surface area contributed by atoms with Crippen molar-refractivity contribution in [3.63, 3.8) is 0 Å². The van der Waals surface area contributed by atoms with E-state index in [1.807, 2.05) is 6.92 Å². The van der Waals surface area contributed by atoms with E-state index in [4.69, 9.17) is 10.5 Å². The van der Waals surface area contributed by atoms with Crippen LogP contribution in [-0.4, -0.2) is 42.0 Å². The molecule has 0 bridgehead atoms. The number of halogens is 2. The molecule has 3 rings (SSSR count). The van der Waals surface area contributed by atoms with Gasteiger partial charge in [-0.15, -0.1) is 0 Å². The van der Waals surface area contributed by atoms with E-state index in [0.29, 0.717) is 29.2 Å². The predicted octanol–water partition coefficient (Wildman–Crippen LogP) is 2.42. The number of nitrogens with zero attached hydrogens (tertiary/aromatic N) is 3. The average molecular weight is 390 g/mol. The number of hydrogen-bond acceptors (Lipinski definition) is 6. The van der Waals surface area contributed by atoms with Gasteiger partial charge < -0.3 is 15.2 Å². The SMILES string of the molecule is CCOc1cc(C2(c3ccc(OC(F)F)c(C)c3)N=C(N)N(C)C2=O)ccn1. The number of carbonyl (C=O) groups is 1. The van der Waals surface area contributed by atoms with Gasteiger partial charge in [0.1, 0.15) is 5.75 Å². The summed E-state index contributed by atoms with van der Waals surface area (Å²) in [4.78, 5) is 23.0. The molecule has 1 aliphatic rings. The molecule has 0 spiro atoms. The number of alkyl halides is 2. The lowest BCUT2D eigenvalue weighted by atomic mass is 9.82. The first-order chi connectivity index (χ1) is 13.3. The molecule has 1 aliphatic heterocycles. The van der Waals surface area contributed by atoms with Gasteiger partial charge in [-0.1, -0.05) is 6.07 Å². The Bertz CT molecular complexity index is 935. The second-order valence-corrected chi connectivity index (χ2v) is 6.22. The van der Waals surface area contributed by atoms with E-state index in [2.05, 4.69) is 14.7 Å². The summed E-state index contributed by atoms with van der Waals surface area (Å²) in [6.07, 6.45) is 1.51. The largest absolute Gasteiger partial charge is 0.478 e. The molecule has 1 aromatic heterocycles. The topological polar surface area (TPSA) is 90.0 Å². The van der Waals surface area contributed by atoms with Gasteiger partial charge >= 0.3 is 6.61 Å². The third-order valence-corrected chi connectivity index (χ3v) is 4.49. The number of guanidine groups is 1. The van der Waals surface area contributed by atoms with Gasteiger partial charge in [0, 0.05) is 24.9 Å². The van der Waals surface area contributed by atoms with Gasteiger partial charge in [0.15, 0.2) is 11.5 Å². The van der Waals surface area contributed by atoms with E-state index in [1.165, 1.54) is 30.3 Å². The summed E-state index contributed by atoms with van der Waals surface area (Å²) in [5.41, 5.74) is 5.88. The smallest absolute Gasteiger partial charge is 0.387 e. The molecule has 9 heteroatoms. The van der Waals surface area contributed by atoms with Crippen LogP contribution in [0.5, 0.6) is 11.6 Å². The minimum absolute atomic E-state index is 0.0226. The number of rotatable bonds is 6. The molecule has 0 fully saturated rings. The lowest BCUT2D eigenvalue weighted by Crippen LogP contribution is -2.41. The fourth-order valence-corrected chi connectivity index (χ4v) is 3.15. The quantitative estimate of drug-likeness (QED) is 0.818. The number of benzene rings is 1. The third kappa shape index (κ3) is 3.23. The highest BCUT2D eigenvalue weighted by Gasteiger charge is 2.50. The van der Waals surface area contributed by atoms with Crippen molar-refractivity contribution in [2.45, 2.75) is 26.0 Å². The Morgan fingerprint density at radius 2 is 1.96 bits per heavy atom. The molecule has 28 heavy (non-hydrogen) atoms. The van der Waals surface area contributed by atoms with E-state index in [-0.39, 0.29) is 17.6 Å². The van der Waals surface area contributed by atoms with Gasteiger partial charge in [-0.3, -0.25) is 9.69 Å². The predicted molar refractivity (Wildman–Crippen MR) is 98.4 cm³/mol. The van der Waals surface area contributed by atoms with Gasteiger partial charge in [-0.05, 0) is 43.2 Å². The summed E-state index contributed by atoms with van der Waals surface area (Å²) in [5, 5.41) is 0. The van der Waals surface area contributed by atoms with Crippen LogP contribution in [0.4, 0.5) is 8.78 Å². The first-order valence-corrected chi connectivity index (χ1v) is 8.58.